The lowest BCUT2D eigenvalue weighted by molar-refractivity contribution is -0.141. The fourth-order valence-electron chi connectivity index (χ4n) is 3.08. The summed E-state index contributed by atoms with van der Waals surface area (Å²) < 4.78 is 11.5. The van der Waals surface area contributed by atoms with Crippen molar-refractivity contribution in [1.29, 1.82) is 0 Å². The number of aliphatic hydroxyl groups is 1. The van der Waals surface area contributed by atoms with Gasteiger partial charge in [0.05, 0.1) is 26.4 Å². The Balaban J connectivity index is 1.81. The molecule has 5 nitrogen and oxygen atoms in total. The van der Waals surface area contributed by atoms with E-state index in [0.29, 0.717) is 31.0 Å². The summed E-state index contributed by atoms with van der Waals surface area (Å²) >= 11 is 5.94. The summed E-state index contributed by atoms with van der Waals surface area (Å²) in [6.45, 7) is 1.16. The lowest BCUT2D eigenvalue weighted by Gasteiger charge is -2.31. The summed E-state index contributed by atoms with van der Waals surface area (Å²) in [5.41, 5.74) is 0.261. The molecule has 2 saturated heterocycles. The van der Waals surface area contributed by atoms with Crippen molar-refractivity contribution in [2.24, 2.45) is 0 Å². The van der Waals surface area contributed by atoms with E-state index in [2.05, 4.69) is 0 Å². The second-order valence-corrected chi connectivity index (χ2v) is 5.77. The van der Waals surface area contributed by atoms with Crippen LogP contribution < -0.4 is 0 Å². The molecule has 0 spiro atoms. The smallest absolute Gasteiger partial charge is 0.225 e. The topological polar surface area (TPSA) is 59.0 Å². The van der Waals surface area contributed by atoms with Gasteiger partial charge in [-0.05, 0) is 12.1 Å². The molecule has 3 rings (SSSR count). The van der Waals surface area contributed by atoms with Crippen LogP contribution in [0.3, 0.4) is 0 Å². The normalized spacial score (nSPS) is 28.2. The molecule has 114 valence electrons. The average molecular weight is 312 g/mol. The first kappa shape index (κ1) is 14.8. The quantitative estimate of drug-likeness (QED) is 0.838. The standard InChI is InChI=1S/C15H18ClNO4/c16-12-3-1-11(2-4-12)15-6-5-14(19)17(15)9-13(21-15)10-20-8-7-18/h1-4,13,18H,5-10H2/t13-,15+/m0/s1. The first-order chi connectivity index (χ1) is 10.2. The number of benzene rings is 1. The lowest BCUT2D eigenvalue weighted by Crippen LogP contribution is -2.38. The first-order valence-corrected chi connectivity index (χ1v) is 7.46. The van der Waals surface area contributed by atoms with Crippen LogP contribution in [0.1, 0.15) is 18.4 Å². The van der Waals surface area contributed by atoms with Crippen LogP contribution in [0.5, 0.6) is 0 Å². The Morgan fingerprint density at radius 2 is 2.19 bits per heavy atom. The van der Waals surface area contributed by atoms with E-state index in [9.17, 15) is 4.79 Å². The zero-order chi connectivity index (χ0) is 14.9. The largest absolute Gasteiger partial charge is 0.394 e. The molecule has 0 radical (unpaired) electrons. The third kappa shape index (κ3) is 2.66. The van der Waals surface area contributed by atoms with Gasteiger partial charge in [0, 0.05) is 23.4 Å². The molecule has 0 aliphatic carbocycles. The zero-order valence-corrected chi connectivity index (χ0v) is 12.4. The summed E-state index contributed by atoms with van der Waals surface area (Å²) in [6, 6.07) is 7.44. The van der Waals surface area contributed by atoms with Crippen LogP contribution in [-0.2, 0) is 20.0 Å². The molecule has 21 heavy (non-hydrogen) atoms. The summed E-state index contributed by atoms with van der Waals surface area (Å²) in [6.07, 6.45) is 0.966. The summed E-state index contributed by atoms with van der Waals surface area (Å²) in [7, 11) is 0. The molecule has 0 aromatic heterocycles. The molecule has 1 aromatic rings. The fourth-order valence-corrected chi connectivity index (χ4v) is 3.21. The minimum absolute atomic E-state index is 0.0162. The Bertz CT molecular complexity index is 521. The highest BCUT2D eigenvalue weighted by Gasteiger charge is 2.54. The molecule has 2 aliphatic heterocycles. The van der Waals surface area contributed by atoms with Crippen LogP contribution in [0.15, 0.2) is 24.3 Å². The van der Waals surface area contributed by atoms with E-state index in [1.54, 1.807) is 4.90 Å². The van der Waals surface area contributed by atoms with Crippen LogP contribution in [-0.4, -0.2) is 48.4 Å². The van der Waals surface area contributed by atoms with Gasteiger partial charge in [-0.15, -0.1) is 0 Å². The molecule has 0 saturated carbocycles. The second kappa shape index (κ2) is 5.93. The number of ether oxygens (including phenoxy) is 2. The number of rotatable bonds is 5. The van der Waals surface area contributed by atoms with Crippen LogP contribution >= 0.6 is 11.6 Å². The van der Waals surface area contributed by atoms with E-state index in [1.165, 1.54) is 0 Å². The van der Waals surface area contributed by atoms with Crippen molar-refractivity contribution in [3.8, 4) is 0 Å². The van der Waals surface area contributed by atoms with Gasteiger partial charge in [0.1, 0.15) is 6.10 Å². The highest BCUT2D eigenvalue weighted by molar-refractivity contribution is 6.30. The lowest BCUT2D eigenvalue weighted by atomic mass is 10.0. The van der Waals surface area contributed by atoms with Crippen LogP contribution in [0.4, 0.5) is 0 Å². The maximum atomic E-state index is 12.1. The first-order valence-electron chi connectivity index (χ1n) is 7.08. The number of carbonyl (C=O) groups excluding carboxylic acids is 1. The van der Waals surface area contributed by atoms with Gasteiger partial charge in [-0.3, -0.25) is 4.79 Å². The number of hydrogen-bond acceptors (Lipinski definition) is 4. The maximum absolute atomic E-state index is 12.1. The predicted molar refractivity (Wildman–Crippen MR) is 76.9 cm³/mol. The Hall–Kier alpha value is -1.14. The summed E-state index contributed by atoms with van der Waals surface area (Å²) in [5.74, 6) is 0.106. The summed E-state index contributed by atoms with van der Waals surface area (Å²) in [5, 5.41) is 9.41. The molecule has 1 amide bonds. The van der Waals surface area contributed by atoms with Crippen LogP contribution in [0.2, 0.25) is 5.02 Å². The number of nitrogens with zero attached hydrogens (tertiary/aromatic N) is 1. The van der Waals surface area contributed by atoms with Gasteiger partial charge >= 0.3 is 0 Å². The van der Waals surface area contributed by atoms with E-state index in [-0.39, 0.29) is 25.2 Å². The molecule has 2 atom stereocenters. The Kier molecular flexibility index (Phi) is 4.17. The van der Waals surface area contributed by atoms with Crippen LogP contribution in [0, 0.1) is 0 Å². The Labute approximate surface area is 128 Å². The predicted octanol–water partition coefficient (Wildman–Crippen LogP) is 1.52. The molecule has 1 N–H and O–H groups in total. The molecular formula is C15H18ClNO4. The molecule has 6 heteroatoms. The van der Waals surface area contributed by atoms with E-state index < -0.39 is 5.72 Å². The minimum Gasteiger partial charge on any atom is -0.394 e. The zero-order valence-electron chi connectivity index (χ0n) is 11.6. The second-order valence-electron chi connectivity index (χ2n) is 5.33. The van der Waals surface area contributed by atoms with Crippen molar-refractivity contribution in [3.05, 3.63) is 34.9 Å². The number of amides is 1. The number of fused-ring (bicyclic) bond motifs is 1. The highest BCUT2D eigenvalue weighted by Crippen LogP contribution is 2.46. The van der Waals surface area contributed by atoms with E-state index in [0.717, 1.165) is 5.56 Å². The van der Waals surface area contributed by atoms with Crippen molar-refractivity contribution in [2.75, 3.05) is 26.4 Å². The van der Waals surface area contributed by atoms with Gasteiger partial charge in [-0.2, -0.15) is 0 Å². The van der Waals surface area contributed by atoms with Gasteiger partial charge in [-0.1, -0.05) is 23.7 Å². The molecule has 0 unspecified atom stereocenters. The van der Waals surface area contributed by atoms with Crippen molar-refractivity contribution in [3.63, 3.8) is 0 Å². The van der Waals surface area contributed by atoms with Crippen molar-refractivity contribution in [2.45, 2.75) is 24.7 Å². The monoisotopic (exact) mass is 311 g/mol. The van der Waals surface area contributed by atoms with Crippen molar-refractivity contribution < 1.29 is 19.4 Å². The number of hydrogen-bond donors (Lipinski definition) is 1. The van der Waals surface area contributed by atoms with Gasteiger partial charge in [0.15, 0.2) is 5.72 Å². The molecule has 2 heterocycles. The molecular weight excluding hydrogens is 294 g/mol. The number of carbonyl (C=O) groups is 1. The Morgan fingerprint density at radius 1 is 1.43 bits per heavy atom. The molecule has 1 aromatic carbocycles. The van der Waals surface area contributed by atoms with Gasteiger partial charge < -0.3 is 19.5 Å². The van der Waals surface area contributed by atoms with Crippen LogP contribution in [0.25, 0.3) is 0 Å². The fraction of sp³-hybridized carbons (Fsp3) is 0.533. The molecule has 2 fully saturated rings. The molecule has 0 bridgehead atoms. The minimum atomic E-state index is -0.686. The number of aliphatic hydroxyl groups excluding tert-OH is 1. The third-order valence-electron chi connectivity index (χ3n) is 4.00. The maximum Gasteiger partial charge on any atom is 0.225 e. The SMILES string of the molecule is O=C1CC[C@]2(c3ccc(Cl)cc3)O[C@H](COCCO)CN12. The van der Waals surface area contributed by atoms with Crippen molar-refractivity contribution >= 4 is 17.5 Å². The van der Waals surface area contributed by atoms with Crippen molar-refractivity contribution in [1.82, 2.24) is 4.90 Å². The van der Waals surface area contributed by atoms with Gasteiger partial charge in [0.25, 0.3) is 0 Å². The number of halogens is 1. The van der Waals surface area contributed by atoms with E-state index in [1.807, 2.05) is 24.3 Å². The van der Waals surface area contributed by atoms with E-state index >= 15 is 0 Å². The highest BCUT2D eigenvalue weighted by atomic mass is 35.5. The van der Waals surface area contributed by atoms with Gasteiger partial charge in [-0.25, -0.2) is 0 Å². The van der Waals surface area contributed by atoms with Gasteiger partial charge in [0.2, 0.25) is 5.91 Å². The third-order valence-corrected chi connectivity index (χ3v) is 4.25. The molecule has 2 aliphatic rings. The average Bonchev–Trinajstić information content (AvgIpc) is 2.99. The van der Waals surface area contributed by atoms with E-state index in [4.69, 9.17) is 26.2 Å². The summed E-state index contributed by atoms with van der Waals surface area (Å²) in [4.78, 5) is 13.9. The Morgan fingerprint density at radius 3 is 2.90 bits per heavy atom.